The van der Waals surface area contributed by atoms with Crippen molar-refractivity contribution in [1.29, 1.82) is 0 Å². The van der Waals surface area contributed by atoms with Crippen LogP contribution in [0.1, 0.15) is 194 Å². The Morgan fingerprint density at radius 3 is 0.955 bits per heavy atom. The molecule has 0 unspecified atom stereocenters. The fourth-order valence-corrected chi connectivity index (χ4v) is 4.91. The third-order valence-corrected chi connectivity index (χ3v) is 7.51. The molecule has 0 radical (unpaired) electrons. The Morgan fingerprint density at radius 2 is 0.682 bits per heavy atom. The molecular weight excluding hydrogens is 576 g/mol. The van der Waals surface area contributed by atoms with Gasteiger partial charge in [-0.25, -0.2) is 0 Å². The van der Waals surface area contributed by atoms with Gasteiger partial charge in [-0.15, -0.1) is 0 Å². The minimum Gasteiger partial charge on any atom is -0.393 e. The lowest BCUT2D eigenvalue weighted by molar-refractivity contribution is -0.159. The second-order valence-corrected chi connectivity index (χ2v) is 12.9. The fraction of sp³-hybridized carbons (Fsp3) is 0.833. The number of ether oxygens (including phenoxy) is 1. The van der Waals surface area contributed by atoms with Crippen molar-refractivity contribution in [3.8, 4) is 0 Å². The monoisotopic (exact) mass is 644 g/mol. The number of esters is 2. The van der Waals surface area contributed by atoms with Crippen LogP contribution in [0.15, 0.2) is 24.3 Å². The van der Waals surface area contributed by atoms with Crippen molar-refractivity contribution in [3.63, 3.8) is 0 Å². The van der Waals surface area contributed by atoms with Crippen LogP contribution in [-0.2, 0) is 24.7 Å². The van der Waals surface area contributed by atoms with Gasteiger partial charge < -0.3 is 4.74 Å². The molecule has 0 bridgehead atoms. The van der Waals surface area contributed by atoms with Gasteiger partial charge >= 0.3 is 22.3 Å². The van der Waals surface area contributed by atoms with E-state index in [1.165, 1.54) is 128 Å². The lowest BCUT2D eigenvalue weighted by Gasteiger charge is -2.04. The molecule has 0 fully saturated rings. The van der Waals surface area contributed by atoms with Gasteiger partial charge in [-0.2, -0.15) is 8.42 Å². The molecule has 7 nitrogen and oxygen atoms in total. The second kappa shape index (κ2) is 36.0. The summed E-state index contributed by atoms with van der Waals surface area (Å²) in [6.45, 7) is 4.53. The van der Waals surface area contributed by atoms with Crippen LogP contribution in [-0.4, -0.2) is 29.5 Å². The van der Waals surface area contributed by atoms with Crippen molar-refractivity contribution < 1.29 is 31.8 Å². The molecule has 0 aliphatic heterocycles. The maximum Gasteiger partial charge on any atom is 0.394 e. The Balaban J connectivity index is 0. The van der Waals surface area contributed by atoms with E-state index in [0.29, 0.717) is 12.8 Å². The summed E-state index contributed by atoms with van der Waals surface area (Å²) in [5.41, 5.74) is 0. The van der Waals surface area contributed by atoms with Crippen LogP contribution in [0, 0.1) is 0 Å². The minimum atomic E-state index is -4.67. The van der Waals surface area contributed by atoms with E-state index < -0.39 is 10.4 Å². The average Bonchev–Trinajstić information content (AvgIpc) is 2.96. The summed E-state index contributed by atoms with van der Waals surface area (Å²) in [6, 6.07) is 0. The van der Waals surface area contributed by atoms with Crippen molar-refractivity contribution in [1.82, 2.24) is 0 Å². The van der Waals surface area contributed by atoms with Crippen LogP contribution >= 0.6 is 0 Å². The summed E-state index contributed by atoms with van der Waals surface area (Å²) in [7, 11) is -4.67. The largest absolute Gasteiger partial charge is 0.394 e. The molecule has 0 heterocycles. The molecule has 0 aliphatic rings. The summed E-state index contributed by atoms with van der Waals surface area (Å²) >= 11 is 0. The van der Waals surface area contributed by atoms with Gasteiger partial charge in [0.15, 0.2) is 0 Å². The highest BCUT2D eigenvalue weighted by molar-refractivity contribution is 7.79. The van der Waals surface area contributed by atoms with E-state index in [4.69, 9.17) is 22.3 Å². The molecule has 0 rings (SSSR count). The molecule has 0 atom stereocenters. The van der Waals surface area contributed by atoms with Crippen molar-refractivity contribution >= 4 is 22.3 Å². The predicted octanol–water partition coefficient (Wildman–Crippen LogP) is 11.5. The molecule has 0 aliphatic carbocycles. The van der Waals surface area contributed by atoms with Gasteiger partial charge in [-0.1, -0.05) is 141 Å². The first-order chi connectivity index (χ1) is 21.2. The van der Waals surface area contributed by atoms with Crippen molar-refractivity contribution in [2.45, 2.75) is 194 Å². The van der Waals surface area contributed by atoms with E-state index in [2.05, 4.69) is 38.2 Å². The van der Waals surface area contributed by atoms with E-state index >= 15 is 0 Å². The number of allylic oxidation sites excluding steroid dienone is 4. The lowest BCUT2D eigenvalue weighted by atomic mass is 10.1. The molecule has 8 heteroatoms. The zero-order chi connectivity index (χ0) is 33.0. The van der Waals surface area contributed by atoms with E-state index in [0.717, 1.165) is 38.5 Å². The number of carbonyl (C=O) groups excluding carboxylic acids is 2. The Labute approximate surface area is 271 Å². The van der Waals surface area contributed by atoms with Gasteiger partial charge in [0.2, 0.25) is 0 Å². The van der Waals surface area contributed by atoms with Gasteiger partial charge in [0.1, 0.15) is 0 Å². The molecule has 0 saturated heterocycles. The maximum absolute atomic E-state index is 11.9. The molecule has 0 spiro atoms. The summed E-state index contributed by atoms with van der Waals surface area (Å²) in [6.07, 6.45) is 42.2. The molecule has 0 aromatic heterocycles. The third-order valence-electron chi connectivity index (χ3n) is 7.51. The molecule has 0 amide bonds. The van der Waals surface area contributed by atoms with Gasteiger partial charge in [0, 0.05) is 12.8 Å². The van der Waals surface area contributed by atoms with E-state index in [1.807, 2.05) is 0 Å². The highest BCUT2D eigenvalue weighted by atomic mass is 32.3. The normalized spacial score (nSPS) is 11.6. The fourth-order valence-electron chi connectivity index (χ4n) is 4.91. The predicted molar refractivity (Wildman–Crippen MR) is 184 cm³/mol. The molecule has 260 valence electrons. The van der Waals surface area contributed by atoms with E-state index in [-0.39, 0.29) is 11.9 Å². The molecule has 0 saturated carbocycles. The highest BCUT2D eigenvalue weighted by Gasteiger charge is 2.09. The first kappa shape index (κ1) is 44.6. The first-order valence-corrected chi connectivity index (χ1v) is 19.3. The van der Waals surface area contributed by atoms with Gasteiger partial charge in [0.05, 0.1) is 0 Å². The van der Waals surface area contributed by atoms with Crippen molar-refractivity contribution in [2.24, 2.45) is 0 Å². The zero-order valence-electron chi connectivity index (χ0n) is 28.5. The van der Waals surface area contributed by atoms with Crippen molar-refractivity contribution in [2.75, 3.05) is 0 Å². The maximum atomic E-state index is 11.9. The third kappa shape index (κ3) is 47.4. The Kier molecular flexibility index (Phi) is 36.5. The number of hydrogen-bond acceptors (Lipinski definition) is 5. The molecular formula is C36H68O7S. The second-order valence-electron chi connectivity index (χ2n) is 12.0. The van der Waals surface area contributed by atoms with Crippen LogP contribution in [0.3, 0.4) is 0 Å². The lowest BCUT2D eigenvalue weighted by Crippen LogP contribution is -2.11. The molecule has 2 N–H and O–H groups in total. The van der Waals surface area contributed by atoms with Crippen LogP contribution in [0.25, 0.3) is 0 Å². The SMILES string of the molecule is CCCCCCCCC=CCCCCCCCC(=O)OC(=O)CCCCCCC/C=C\CCCCCCCC.O=S(=O)(O)O. The van der Waals surface area contributed by atoms with Crippen LogP contribution in [0.5, 0.6) is 0 Å². The Bertz CT molecular complexity index is 732. The summed E-state index contributed by atoms with van der Waals surface area (Å²) in [4.78, 5) is 23.8. The minimum absolute atomic E-state index is 0.342. The van der Waals surface area contributed by atoms with Crippen LogP contribution < -0.4 is 0 Å². The van der Waals surface area contributed by atoms with Crippen LogP contribution in [0.4, 0.5) is 0 Å². The number of hydrogen-bond donors (Lipinski definition) is 2. The molecule has 44 heavy (non-hydrogen) atoms. The Morgan fingerprint density at radius 1 is 0.455 bits per heavy atom. The summed E-state index contributed by atoms with van der Waals surface area (Å²) in [5.74, 6) is -0.684. The number of carbonyl (C=O) groups is 2. The summed E-state index contributed by atoms with van der Waals surface area (Å²) in [5, 5.41) is 0. The molecule has 0 aromatic carbocycles. The quantitative estimate of drug-likeness (QED) is 0.0262. The Hall–Kier alpha value is -1.51. The average molecular weight is 645 g/mol. The summed E-state index contributed by atoms with van der Waals surface area (Å²) < 4.78 is 36.6. The first-order valence-electron chi connectivity index (χ1n) is 17.9. The number of rotatable bonds is 30. The highest BCUT2D eigenvalue weighted by Crippen LogP contribution is 2.12. The molecule has 0 aromatic rings. The van der Waals surface area contributed by atoms with Gasteiger partial charge in [0.25, 0.3) is 0 Å². The van der Waals surface area contributed by atoms with Gasteiger partial charge in [-0.3, -0.25) is 18.7 Å². The zero-order valence-corrected chi connectivity index (χ0v) is 29.3. The van der Waals surface area contributed by atoms with E-state index in [9.17, 15) is 9.59 Å². The number of unbranched alkanes of at least 4 members (excludes halogenated alkanes) is 22. The smallest absolute Gasteiger partial charge is 0.393 e. The standard InChI is InChI=1S/C36H66O3.H2O4S/c1-3-5-7-9-11-13-15-17-19-21-23-25-27-29-31-33-35(37)39-36(38)34-32-30-28-26-24-22-20-18-16-14-12-10-8-6-4-2;1-5(2,3)4/h17-20H,3-16,21-34H2,1-2H3;(H2,1,2,3,4)/b19-17-,20-18?;. The van der Waals surface area contributed by atoms with Gasteiger partial charge in [-0.05, 0) is 64.2 Å². The van der Waals surface area contributed by atoms with Crippen LogP contribution in [0.2, 0.25) is 0 Å². The van der Waals surface area contributed by atoms with Crippen molar-refractivity contribution in [3.05, 3.63) is 24.3 Å². The topological polar surface area (TPSA) is 118 Å². The van der Waals surface area contributed by atoms with E-state index in [1.54, 1.807) is 0 Å².